The SMILES string of the molecule is CCCC1(CCC)OCCC(c2ccccc2)O1. The van der Waals surface area contributed by atoms with Crippen LogP contribution in [0.1, 0.15) is 57.6 Å². The van der Waals surface area contributed by atoms with E-state index in [2.05, 4.69) is 38.1 Å². The smallest absolute Gasteiger partial charge is 0.169 e. The minimum atomic E-state index is -0.345. The van der Waals surface area contributed by atoms with Crippen LogP contribution in [0, 0.1) is 0 Å². The van der Waals surface area contributed by atoms with Crippen LogP contribution >= 0.6 is 0 Å². The largest absolute Gasteiger partial charge is 0.350 e. The molecule has 2 heteroatoms. The van der Waals surface area contributed by atoms with Crippen LogP contribution in [-0.4, -0.2) is 12.4 Å². The van der Waals surface area contributed by atoms with Gasteiger partial charge in [0.1, 0.15) is 0 Å². The van der Waals surface area contributed by atoms with Crippen molar-refractivity contribution in [3.8, 4) is 0 Å². The van der Waals surface area contributed by atoms with Gasteiger partial charge in [0.15, 0.2) is 5.79 Å². The Morgan fingerprint density at radius 2 is 1.78 bits per heavy atom. The fourth-order valence-electron chi connectivity index (χ4n) is 2.76. The fraction of sp³-hybridized carbons (Fsp3) is 0.625. The highest BCUT2D eigenvalue weighted by Gasteiger charge is 2.37. The van der Waals surface area contributed by atoms with E-state index < -0.39 is 0 Å². The van der Waals surface area contributed by atoms with Crippen molar-refractivity contribution < 1.29 is 9.47 Å². The van der Waals surface area contributed by atoms with Crippen molar-refractivity contribution in [1.29, 1.82) is 0 Å². The molecule has 18 heavy (non-hydrogen) atoms. The zero-order chi connectivity index (χ0) is 12.8. The Hall–Kier alpha value is -0.860. The molecule has 1 aliphatic heterocycles. The normalized spacial score (nSPS) is 22.9. The van der Waals surface area contributed by atoms with Crippen molar-refractivity contribution in [1.82, 2.24) is 0 Å². The lowest BCUT2D eigenvalue weighted by molar-refractivity contribution is -0.302. The van der Waals surface area contributed by atoms with Crippen molar-refractivity contribution in [2.45, 2.75) is 57.8 Å². The van der Waals surface area contributed by atoms with E-state index in [1.807, 2.05) is 6.07 Å². The summed E-state index contributed by atoms with van der Waals surface area (Å²) in [5.74, 6) is -0.345. The summed E-state index contributed by atoms with van der Waals surface area (Å²) < 4.78 is 12.3. The van der Waals surface area contributed by atoms with Gasteiger partial charge in [-0.15, -0.1) is 0 Å². The maximum absolute atomic E-state index is 6.32. The summed E-state index contributed by atoms with van der Waals surface area (Å²) in [6, 6.07) is 10.5. The molecule has 100 valence electrons. The molecule has 1 aromatic rings. The molecule has 1 aliphatic rings. The summed E-state index contributed by atoms with van der Waals surface area (Å²) in [5.41, 5.74) is 1.28. The molecule has 0 amide bonds. The van der Waals surface area contributed by atoms with Crippen molar-refractivity contribution in [2.24, 2.45) is 0 Å². The highest BCUT2D eigenvalue weighted by Crippen LogP contribution is 2.38. The Morgan fingerprint density at radius 1 is 1.11 bits per heavy atom. The van der Waals surface area contributed by atoms with E-state index in [9.17, 15) is 0 Å². The molecule has 2 rings (SSSR count). The van der Waals surface area contributed by atoms with Gasteiger partial charge in [-0.1, -0.05) is 57.0 Å². The lowest BCUT2D eigenvalue weighted by Crippen LogP contribution is -2.41. The standard InChI is InChI=1S/C16H24O2/c1-3-11-16(12-4-2)17-13-10-15(18-16)14-8-6-5-7-9-14/h5-9,15H,3-4,10-13H2,1-2H3. The first-order valence-corrected chi connectivity index (χ1v) is 7.16. The molecular weight excluding hydrogens is 224 g/mol. The molecule has 1 aromatic carbocycles. The lowest BCUT2D eigenvalue weighted by Gasteiger charge is -2.41. The average Bonchev–Trinajstić information content (AvgIpc) is 2.40. The third-order valence-corrected chi connectivity index (χ3v) is 3.54. The molecule has 1 atom stereocenters. The van der Waals surface area contributed by atoms with Gasteiger partial charge in [0.05, 0.1) is 12.7 Å². The molecule has 1 unspecified atom stereocenters. The second kappa shape index (κ2) is 6.35. The van der Waals surface area contributed by atoms with Crippen LogP contribution in [0.4, 0.5) is 0 Å². The molecule has 0 spiro atoms. The number of hydrogen-bond acceptors (Lipinski definition) is 2. The molecule has 1 saturated heterocycles. The average molecular weight is 248 g/mol. The third-order valence-electron chi connectivity index (χ3n) is 3.54. The molecule has 0 bridgehead atoms. The van der Waals surface area contributed by atoms with Crippen LogP contribution in [0.25, 0.3) is 0 Å². The van der Waals surface area contributed by atoms with E-state index in [-0.39, 0.29) is 11.9 Å². The molecule has 0 radical (unpaired) electrons. The first-order valence-electron chi connectivity index (χ1n) is 7.16. The van der Waals surface area contributed by atoms with Gasteiger partial charge in [-0.25, -0.2) is 0 Å². The number of hydrogen-bond donors (Lipinski definition) is 0. The Balaban J connectivity index is 2.11. The predicted octanol–water partition coefficient (Wildman–Crippen LogP) is 4.46. The topological polar surface area (TPSA) is 18.5 Å². The van der Waals surface area contributed by atoms with Crippen molar-refractivity contribution >= 4 is 0 Å². The fourth-order valence-corrected chi connectivity index (χ4v) is 2.76. The number of rotatable bonds is 5. The van der Waals surface area contributed by atoms with Gasteiger partial charge in [-0.05, 0) is 5.56 Å². The predicted molar refractivity (Wildman–Crippen MR) is 73.4 cm³/mol. The third kappa shape index (κ3) is 3.12. The lowest BCUT2D eigenvalue weighted by atomic mass is 10.00. The van der Waals surface area contributed by atoms with Crippen LogP contribution in [0.3, 0.4) is 0 Å². The molecule has 0 aliphatic carbocycles. The van der Waals surface area contributed by atoms with E-state index in [4.69, 9.17) is 9.47 Å². The molecule has 1 fully saturated rings. The maximum atomic E-state index is 6.32. The highest BCUT2D eigenvalue weighted by molar-refractivity contribution is 5.18. The van der Waals surface area contributed by atoms with E-state index in [0.29, 0.717) is 0 Å². The van der Waals surface area contributed by atoms with E-state index in [1.54, 1.807) is 0 Å². The summed E-state index contributed by atoms with van der Waals surface area (Å²) in [7, 11) is 0. The summed E-state index contributed by atoms with van der Waals surface area (Å²) in [6.07, 6.45) is 5.33. The molecule has 2 nitrogen and oxygen atoms in total. The van der Waals surface area contributed by atoms with Crippen LogP contribution in [-0.2, 0) is 9.47 Å². The Bertz CT molecular complexity index is 336. The maximum Gasteiger partial charge on any atom is 0.169 e. The zero-order valence-electron chi connectivity index (χ0n) is 11.5. The van der Waals surface area contributed by atoms with E-state index in [0.717, 1.165) is 38.7 Å². The number of ether oxygens (including phenoxy) is 2. The number of benzene rings is 1. The zero-order valence-corrected chi connectivity index (χ0v) is 11.5. The van der Waals surface area contributed by atoms with Crippen molar-refractivity contribution in [2.75, 3.05) is 6.61 Å². The molecule has 0 N–H and O–H groups in total. The van der Waals surface area contributed by atoms with Gasteiger partial charge < -0.3 is 9.47 Å². The first kappa shape index (κ1) is 13.6. The Kier molecular flexibility index (Phi) is 4.79. The summed E-state index contributed by atoms with van der Waals surface area (Å²) >= 11 is 0. The van der Waals surface area contributed by atoms with Gasteiger partial charge in [-0.2, -0.15) is 0 Å². The van der Waals surface area contributed by atoms with Crippen LogP contribution in [0.5, 0.6) is 0 Å². The molecule has 0 saturated carbocycles. The summed E-state index contributed by atoms with van der Waals surface area (Å²) in [5, 5.41) is 0. The van der Waals surface area contributed by atoms with Gasteiger partial charge in [0.25, 0.3) is 0 Å². The van der Waals surface area contributed by atoms with Gasteiger partial charge in [0.2, 0.25) is 0 Å². The molecule has 1 heterocycles. The van der Waals surface area contributed by atoms with E-state index in [1.165, 1.54) is 5.56 Å². The second-order valence-electron chi connectivity index (χ2n) is 5.06. The van der Waals surface area contributed by atoms with Crippen LogP contribution in [0.2, 0.25) is 0 Å². The Labute approximate surface area is 110 Å². The minimum absolute atomic E-state index is 0.193. The van der Waals surface area contributed by atoms with Gasteiger partial charge >= 0.3 is 0 Å². The van der Waals surface area contributed by atoms with Crippen molar-refractivity contribution in [3.63, 3.8) is 0 Å². The van der Waals surface area contributed by atoms with Gasteiger partial charge in [0, 0.05) is 19.3 Å². The summed E-state index contributed by atoms with van der Waals surface area (Å²) in [4.78, 5) is 0. The van der Waals surface area contributed by atoms with Crippen molar-refractivity contribution in [3.05, 3.63) is 35.9 Å². The first-order chi connectivity index (χ1) is 8.79. The quantitative estimate of drug-likeness (QED) is 0.766. The van der Waals surface area contributed by atoms with Crippen LogP contribution in [0.15, 0.2) is 30.3 Å². The highest BCUT2D eigenvalue weighted by atomic mass is 16.7. The summed E-state index contributed by atoms with van der Waals surface area (Å²) in [6.45, 7) is 5.19. The molecule has 0 aromatic heterocycles. The minimum Gasteiger partial charge on any atom is -0.350 e. The second-order valence-corrected chi connectivity index (χ2v) is 5.06. The van der Waals surface area contributed by atoms with Gasteiger partial charge in [-0.3, -0.25) is 0 Å². The molecular formula is C16H24O2. The monoisotopic (exact) mass is 248 g/mol. The van der Waals surface area contributed by atoms with Crippen LogP contribution < -0.4 is 0 Å². The Morgan fingerprint density at radius 3 is 2.39 bits per heavy atom. The van der Waals surface area contributed by atoms with E-state index >= 15 is 0 Å².